The molecule has 0 aliphatic heterocycles. The van der Waals surface area contributed by atoms with Crippen molar-refractivity contribution in [1.82, 2.24) is 14.8 Å². The highest BCUT2D eigenvalue weighted by atomic mass is 32.2. The van der Waals surface area contributed by atoms with Crippen LogP contribution >= 0.6 is 0 Å². The largest absolute Gasteiger partial charge is 0.317 e. The third kappa shape index (κ3) is 3.16. The molecule has 3 aromatic rings. The fourth-order valence-corrected chi connectivity index (χ4v) is 3.83. The van der Waals surface area contributed by atoms with Crippen LogP contribution in [-0.4, -0.2) is 23.2 Å². The van der Waals surface area contributed by atoms with Gasteiger partial charge in [0.2, 0.25) is 0 Å². The molecule has 0 spiro atoms. The zero-order chi connectivity index (χ0) is 17.3. The first kappa shape index (κ1) is 16.2. The second-order valence-electron chi connectivity index (χ2n) is 5.72. The van der Waals surface area contributed by atoms with Gasteiger partial charge in [0.25, 0.3) is 10.0 Å². The molecule has 0 saturated heterocycles. The van der Waals surface area contributed by atoms with Crippen LogP contribution < -0.4 is 4.72 Å². The van der Waals surface area contributed by atoms with Crippen molar-refractivity contribution in [3.05, 3.63) is 59.9 Å². The molecule has 2 aromatic carbocycles. The molecule has 0 radical (unpaired) electrons. The van der Waals surface area contributed by atoms with Gasteiger partial charge in [0.05, 0.1) is 4.90 Å². The third-order valence-electron chi connectivity index (χ3n) is 3.74. The van der Waals surface area contributed by atoms with Crippen LogP contribution in [0, 0.1) is 13.8 Å². The van der Waals surface area contributed by atoms with Crippen LogP contribution in [0.3, 0.4) is 0 Å². The standard InChI is InChI=1S/C17H18N4O2S/c1-12-4-5-13(2)16(10-12)24(22,23)20-15-8-6-14(7-9-15)17-19-18-11-21(17)3/h4-11,20H,1-3H3. The highest BCUT2D eigenvalue weighted by molar-refractivity contribution is 7.92. The molecule has 0 atom stereocenters. The van der Waals surface area contributed by atoms with E-state index in [0.717, 1.165) is 17.0 Å². The van der Waals surface area contributed by atoms with E-state index in [1.54, 1.807) is 42.1 Å². The lowest BCUT2D eigenvalue weighted by atomic mass is 10.2. The summed E-state index contributed by atoms with van der Waals surface area (Å²) in [5, 5.41) is 7.87. The van der Waals surface area contributed by atoms with Crippen molar-refractivity contribution in [2.24, 2.45) is 7.05 Å². The molecular formula is C17H18N4O2S. The van der Waals surface area contributed by atoms with Crippen LogP contribution in [0.15, 0.2) is 53.7 Å². The Morgan fingerprint density at radius 1 is 1.04 bits per heavy atom. The number of hydrogen-bond acceptors (Lipinski definition) is 4. The van der Waals surface area contributed by atoms with Gasteiger partial charge < -0.3 is 4.57 Å². The smallest absolute Gasteiger partial charge is 0.262 e. The van der Waals surface area contributed by atoms with E-state index in [2.05, 4.69) is 14.9 Å². The van der Waals surface area contributed by atoms with Gasteiger partial charge in [0, 0.05) is 18.3 Å². The Hall–Kier alpha value is -2.67. The molecule has 24 heavy (non-hydrogen) atoms. The number of nitrogens with one attached hydrogen (secondary N) is 1. The van der Waals surface area contributed by atoms with E-state index in [9.17, 15) is 8.42 Å². The average molecular weight is 342 g/mol. The van der Waals surface area contributed by atoms with Crippen LogP contribution in [0.4, 0.5) is 5.69 Å². The number of rotatable bonds is 4. The van der Waals surface area contributed by atoms with Gasteiger partial charge in [0.1, 0.15) is 6.33 Å². The van der Waals surface area contributed by atoms with Crippen molar-refractivity contribution in [1.29, 1.82) is 0 Å². The Morgan fingerprint density at radius 2 is 1.75 bits per heavy atom. The minimum atomic E-state index is -3.62. The average Bonchev–Trinajstić information content (AvgIpc) is 2.96. The number of aryl methyl sites for hydroxylation is 3. The molecule has 0 saturated carbocycles. The molecule has 0 fully saturated rings. The Balaban J connectivity index is 1.88. The fraction of sp³-hybridized carbons (Fsp3) is 0.176. The second-order valence-corrected chi connectivity index (χ2v) is 7.37. The van der Waals surface area contributed by atoms with Crippen LogP contribution in [0.25, 0.3) is 11.4 Å². The van der Waals surface area contributed by atoms with Gasteiger partial charge in [-0.2, -0.15) is 0 Å². The van der Waals surface area contributed by atoms with Crippen molar-refractivity contribution >= 4 is 15.7 Å². The topological polar surface area (TPSA) is 76.9 Å². The van der Waals surface area contributed by atoms with E-state index in [1.165, 1.54) is 0 Å². The van der Waals surface area contributed by atoms with E-state index in [4.69, 9.17) is 0 Å². The van der Waals surface area contributed by atoms with Gasteiger partial charge in [-0.3, -0.25) is 4.72 Å². The molecule has 1 N–H and O–H groups in total. The van der Waals surface area contributed by atoms with Crippen molar-refractivity contribution in [3.8, 4) is 11.4 Å². The maximum Gasteiger partial charge on any atom is 0.262 e. The van der Waals surface area contributed by atoms with Gasteiger partial charge in [-0.1, -0.05) is 12.1 Å². The molecule has 3 rings (SSSR count). The van der Waals surface area contributed by atoms with E-state index in [0.29, 0.717) is 16.1 Å². The summed E-state index contributed by atoms with van der Waals surface area (Å²) in [7, 11) is -1.77. The third-order valence-corrected chi connectivity index (χ3v) is 5.26. The van der Waals surface area contributed by atoms with Crippen molar-refractivity contribution < 1.29 is 8.42 Å². The summed E-state index contributed by atoms with van der Waals surface area (Å²) in [6.07, 6.45) is 1.62. The van der Waals surface area contributed by atoms with Crippen molar-refractivity contribution in [3.63, 3.8) is 0 Å². The van der Waals surface area contributed by atoms with Crippen LogP contribution in [0.5, 0.6) is 0 Å². The number of sulfonamides is 1. The lowest BCUT2D eigenvalue weighted by Crippen LogP contribution is -2.14. The maximum atomic E-state index is 12.6. The first-order valence-electron chi connectivity index (χ1n) is 7.41. The molecule has 0 amide bonds. The van der Waals surface area contributed by atoms with Gasteiger partial charge in [0.15, 0.2) is 5.82 Å². The lowest BCUT2D eigenvalue weighted by Gasteiger charge is -2.11. The van der Waals surface area contributed by atoms with Gasteiger partial charge >= 0.3 is 0 Å². The van der Waals surface area contributed by atoms with Crippen molar-refractivity contribution in [2.45, 2.75) is 18.7 Å². The molecular weight excluding hydrogens is 324 g/mol. The van der Waals surface area contributed by atoms with E-state index in [-0.39, 0.29) is 0 Å². The Labute approximate surface area is 141 Å². The lowest BCUT2D eigenvalue weighted by molar-refractivity contribution is 0.600. The molecule has 124 valence electrons. The van der Waals surface area contributed by atoms with Crippen LogP contribution in [0.1, 0.15) is 11.1 Å². The Bertz CT molecular complexity index is 976. The van der Waals surface area contributed by atoms with E-state index < -0.39 is 10.0 Å². The van der Waals surface area contributed by atoms with Crippen LogP contribution in [-0.2, 0) is 17.1 Å². The van der Waals surface area contributed by atoms with E-state index >= 15 is 0 Å². The first-order valence-corrected chi connectivity index (χ1v) is 8.89. The van der Waals surface area contributed by atoms with Gasteiger partial charge in [-0.25, -0.2) is 8.42 Å². The number of anilines is 1. The summed E-state index contributed by atoms with van der Waals surface area (Å²) in [5.74, 6) is 0.721. The minimum Gasteiger partial charge on any atom is -0.317 e. The Morgan fingerprint density at radius 3 is 2.38 bits per heavy atom. The molecule has 0 unspecified atom stereocenters. The molecule has 6 nitrogen and oxygen atoms in total. The second kappa shape index (κ2) is 6.09. The SMILES string of the molecule is Cc1ccc(C)c(S(=O)(=O)Nc2ccc(-c3nncn3C)cc2)c1. The molecule has 0 aliphatic rings. The summed E-state index contributed by atoms with van der Waals surface area (Å²) in [5.41, 5.74) is 2.98. The summed E-state index contributed by atoms with van der Waals surface area (Å²) in [6.45, 7) is 3.65. The van der Waals surface area contributed by atoms with Crippen molar-refractivity contribution in [2.75, 3.05) is 4.72 Å². The Kier molecular flexibility index (Phi) is 4.11. The molecule has 0 aliphatic carbocycles. The molecule has 1 aromatic heterocycles. The summed E-state index contributed by atoms with van der Waals surface area (Å²) < 4.78 is 29.6. The monoisotopic (exact) mass is 342 g/mol. The fourth-order valence-electron chi connectivity index (χ4n) is 2.44. The summed E-state index contributed by atoms with van der Waals surface area (Å²) >= 11 is 0. The first-order chi connectivity index (χ1) is 11.4. The maximum absolute atomic E-state index is 12.6. The van der Waals surface area contributed by atoms with E-state index in [1.807, 2.05) is 32.2 Å². The predicted molar refractivity (Wildman–Crippen MR) is 93.2 cm³/mol. The quantitative estimate of drug-likeness (QED) is 0.791. The highest BCUT2D eigenvalue weighted by Crippen LogP contribution is 2.23. The molecule has 7 heteroatoms. The zero-order valence-corrected chi connectivity index (χ0v) is 14.5. The normalized spacial score (nSPS) is 11.5. The van der Waals surface area contributed by atoms with Gasteiger partial charge in [-0.05, 0) is 55.3 Å². The van der Waals surface area contributed by atoms with Gasteiger partial charge in [-0.15, -0.1) is 10.2 Å². The summed E-state index contributed by atoms with van der Waals surface area (Å²) in [6, 6.07) is 12.4. The number of nitrogens with zero attached hydrogens (tertiary/aromatic N) is 3. The summed E-state index contributed by atoms with van der Waals surface area (Å²) in [4.78, 5) is 0.292. The highest BCUT2D eigenvalue weighted by Gasteiger charge is 2.17. The number of aromatic nitrogens is 3. The predicted octanol–water partition coefficient (Wildman–Crippen LogP) is 2.90. The minimum absolute atomic E-state index is 0.292. The van der Waals surface area contributed by atoms with Crippen LogP contribution in [0.2, 0.25) is 0 Å². The molecule has 0 bridgehead atoms. The zero-order valence-electron chi connectivity index (χ0n) is 13.7. The number of hydrogen-bond donors (Lipinski definition) is 1. The number of benzene rings is 2. The molecule has 1 heterocycles.